The Morgan fingerprint density at radius 1 is 1.37 bits per heavy atom. The van der Waals surface area contributed by atoms with Gasteiger partial charge >= 0.3 is 6.61 Å². The van der Waals surface area contributed by atoms with Gasteiger partial charge in [-0.3, -0.25) is 0 Å². The van der Waals surface area contributed by atoms with Crippen LogP contribution < -0.4 is 15.4 Å². The van der Waals surface area contributed by atoms with Gasteiger partial charge in [-0.2, -0.15) is 8.78 Å². The number of nitrogens with one attached hydrogen (secondary N) is 2. The molecule has 2 rings (SSSR count). The van der Waals surface area contributed by atoms with Crippen molar-refractivity contribution in [1.29, 1.82) is 0 Å². The summed E-state index contributed by atoms with van der Waals surface area (Å²) in [5.74, 6) is 0.658. The Labute approximate surface area is 183 Å². The zero-order valence-electron chi connectivity index (χ0n) is 15.0. The Kier molecular flexibility index (Phi) is 10.9. The highest BCUT2D eigenvalue weighted by Gasteiger charge is 2.10. The second-order valence-electron chi connectivity index (χ2n) is 5.37. The van der Waals surface area contributed by atoms with Gasteiger partial charge in [0.25, 0.3) is 0 Å². The van der Waals surface area contributed by atoms with Crippen molar-refractivity contribution in [3.63, 3.8) is 0 Å². The summed E-state index contributed by atoms with van der Waals surface area (Å²) in [6, 6.07) is 4.50. The van der Waals surface area contributed by atoms with Crippen molar-refractivity contribution in [3.05, 3.63) is 44.9 Å². The summed E-state index contributed by atoms with van der Waals surface area (Å²) in [6.07, 6.45) is 2.63. The molecule has 0 aliphatic heterocycles. The van der Waals surface area contributed by atoms with E-state index in [9.17, 15) is 8.78 Å². The second kappa shape index (κ2) is 12.3. The second-order valence-corrected chi connectivity index (χ2v) is 7.12. The van der Waals surface area contributed by atoms with Gasteiger partial charge in [-0.05, 0) is 32.0 Å². The fraction of sp³-hybridized carbons (Fsp3) is 0.412. The number of rotatable bonds is 8. The maximum Gasteiger partial charge on any atom is 0.387 e. The lowest BCUT2D eigenvalue weighted by molar-refractivity contribution is -0.0504. The van der Waals surface area contributed by atoms with Crippen molar-refractivity contribution < 1.29 is 13.5 Å². The number of hydrogen-bond donors (Lipinski definition) is 2. The molecule has 2 aromatic rings. The third-order valence-electron chi connectivity index (χ3n) is 3.29. The number of thiazole rings is 1. The van der Waals surface area contributed by atoms with E-state index in [-0.39, 0.29) is 36.3 Å². The normalized spacial score (nSPS) is 11.3. The van der Waals surface area contributed by atoms with Gasteiger partial charge in [0.1, 0.15) is 5.75 Å². The summed E-state index contributed by atoms with van der Waals surface area (Å²) in [6.45, 7) is 2.57. The Bertz CT molecular complexity index is 745. The number of nitrogens with zero attached hydrogens (tertiary/aromatic N) is 2. The van der Waals surface area contributed by atoms with E-state index in [1.165, 1.54) is 17.0 Å². The molecular weight excluding hydrogens is 509 g/mol. The molecule has 0 aliphatic rings. The summed E-state index contributed by atoms with van der Waals surface area (Å²) in [4.78, 5) is 9.91. The van der Waals surface area contributed by atoms with E-state index in [1.807, 2.05) is 20.0 Å². The number of ether oxygens (including phenoxy) is 1. The highest BCUT2D eigenvalue weighted by molar-refractivity contribution is 14.0. The fourth-order valence-corrected chi connectivity index (χ4v) is 3.17. The van der Waals surface area contributed by atoms with Crippen LogP contribution in [0.1, 0.15) is 22.4 Å². The Balaban J connectivity index is 0.00000364. The Hall–Kier alpha value is -1.20. The van der Waals surface area contributed by atoms with Crippen LogP contribution in [0.3, 0.4) is 0 Å². The maximum absolute atomic E-state index is 12.5. The van der Waals surface area contributed by atoms with Crippen LogP contribution in [0, 0.1) is 6.92 Å². The van der Waals surface area contributed by atoms with Crippen LogP contribution >= 0.6 is 46.9 Å². The fourth-order valence-electron chi connectivity index (χ4n) is 2.19. The number of hydrogen-bond acceptors (Lipinski definition) is 4. The molecule has 0 spiro atoms. The molecule has 10 heteroatoms. The van der Waals surface area contributed by atoms with Gasteiger partial charge in [0.05, 0.1) is 11.6 Å². The number of aryl methyl sites for hydroxylation is 1. The van der Waals surface area contributed by atoms with E-state index < -0.39 is 6.61 Å². The van der Waals surface area contributed by atoms with Crippen LogP contribution in [0.15, 0.2) is 29.4 Å². The van der Waals surface area contributed by atoms with E-state index in [1.54, 1.807) is 17.4 Å². The van der Waals surface area contributed by atoms with Crippen molar-refractivity contribution in [3.8, 4) is 5.75 Å². The summed E-state index contributed by atoms with van der Waals surface area (Å²) in [7, 11) is 0. The molecule has 1 aromatic heterocycles. The maximum atomic E-state index is 12.5. The monoisotopic (exact) mass is 530 g/mol. The first kappa shape index (κ1) is 23.8. The average molecular weight is 531 g/mol. The third-order valence-corrected chi connectivity index (χ3v) is 4.50. The van der Waals surface area contributed by atoms with Gasteiger partial charge in [-0.1, -0.05) is 11.6 Å². The van der Waals surface area contributed by atoms with E-state index in [0.717, 1.165) is 11.4 Å². The van der Waals surface area contributed by atoms with E-state index >= 15 is 0 Å². The molecule has 150 valence electrons. The highest BCUT2D eigenvalue weighted by Crippen LogP contribution is 2.25. The molecule has 0 saturated carbocycles. The smallest absolute Gasteiger partial charge is 0.387 e. The molecule has 5 nitrogen and oxygen atoms in total. The zero-order valence-corrected chi connectivity index (χ0v) is 18.9. The molecule has 0 atom stereocenters. The van der Waals surface area contributed by atoms with Crippen molar-refractivity contribution in [2.75, 3.05) is 13.1 Å². The first-order valence-electron chi connectivity index (χ1n) is 8.14. The highest BCUT2D eigenvalue weighted by atomic mass is 127. The molecule has 27 heavy (non-hydrogen) atoms. The molecule has 1 heterocycles. The number of alkyl halides is 2. The zero-order chi connectivity index (χ0) is 18.9. The van der Waals surface area contributed by atoms with Crippen LogP contribution in [0.4, 0.5) is 8.78 Å². The van der Waals surface area contributed by atoms with Crippen molar-refractivity contribution in [1.82, 2.24) is 15.6 Å². The molecule has 0 fully saturated rings. The van der Waals surface area contributed by atoms with Crippen LogP contribution in [-0.4, -0.2) is 30.6 Å². The molecule has 0 unspecified atom stereocenters. The molecule has 0 amide bonds. The molecule has 0 aliphatic carbocycles. The lowest BCUT2D eigenvalue weighted by atomic mass is 10.2. The number of benzene rings is 1. The molecular formula is C17H22ClF2IN4OS. The minimum Gasteiger partial charge on any atom is -0.434 e. The summed E-state index contributed by atoms with van der Waals surface area (Å²) < 4.78 is 29.6. The lowest BCUT2D eigenvalue weighted by Crippen LogP contribution is -2.38. The molecule has 1 aromatic carbocycles. The molecule has 2 N–H and O–H groups in total. The van der Waals surface area contributed by atoms with Crippen LogP contribution in [0.25, 0.3) is 0 Å². The van der Waals surface area contributed by atoms with Crippen LogP contribution in [-0.2, 0) is 13.0 Å². The van der Waals surface area contributed by atoms with Gasteiger partial charge in [-0.25, -0.2) is 9.98 Å². The summed E-state index contributed by atoms with van der Waals surface area (Å²) in [5, 5.41) is 7.81. The molecule has 0 saturated heterocycles. The van der Waals surface area contributed by atoms with Gasteiger partial charge in [-0.15, -0.1) is 35.3 Å². The number of guanidine groups is 1. The number of halogens is 4. The molecule has 0 radical (unpaired) electrons. The quantitative estimate of drug-likeness (QED) is 0.297. The minimum absolute atomic E-state index is 0. The standard InChI is InChI=1S/C17H21ClF2N4OS.HI/c1-3-21-17(22-7-6-15-23-9-11(2)26-15)24-10-12-8-13(18)4-5-14(12)25-16(19)20;/h4-5,8-9,16H,3,6-7,10H2,1-2H3,(H2,21,22,24);1H. The summed E-state index contributed by atoms with van der Waals surface area (Å²) >= 11 is 7.61. The lowest BCUT2D eigenvalue weighted by Gasteiger charge is -2.12. The van der Waals surface area contributed by atoms with Crippen LogP contribution in [0.5, 0.6) is 5.75 Å². The van der Waals surface area contributed by atoms with Crippen molar-refractivity contribution in [2.45, 2.75) is 33.4 Å². The van der Waals surface area contributed by atoms with E-state index in [2.05, 4.69) is 25.3 Å². The first-order valence-corrected chi connectivity index (χ1v) is 9.34. The van der Waals surface area contributed by atoms with Gasteiger partial charge in [0.2, 0.25) is 0 Å². The first-order chi connectivity index (χ1) is 12.5. The van der Waals surface area contributed by atoms with Gasteiger partial charge < -0.3 is 15.4 Å². The van der Waals surface area contributed by atoms with E-state index in [4.69, 9.17) is 11.6 Å². The van der Waals surface area contributed by atoms with Gasteiger partial charge in [0, 0.05) is 41.2 Å². The summed E-state index contributed by atoms with van der Waals surface area (Å²) in [5.41, 5.74) is 0.491. The number of aromatic nitrogens is 1. The van der Waals surface area contributed by atoms with Crippen LogP contribution in [0.2, 0.25) is 5.02 Å². The van der Waals surface area contributed by atoms with E-state index in [0.29, 0.717) is 29.6 Å². The van der Waals surface area contributed by atoms with Gasteiger partial charge in [0.15, 0.2) is 5.96 Å². The predicted octanol–water partition coefficient (Wildman–Crippen LogP) is 4.62. The molecule has 0 bridgehead atoms. The van der Waals surface area contributed by atoms with Crippen molar-refractivity contribution in [2.24, 2.45) is 4.99 Å². The largest absolute Gasteiger partial charge is 0.434 e. The SMILES string of the molecule is CCNC(=NCc1cc(Cl)ccc1OC(F)F)NCCc1ncc(C)s1.I. The number of aliphatic imine (C=N–C) groups is 1. The van der Waals surface area contributed by atoms with Crippen molar-refractivity contribution >= 4 is 52.9 Å². The topological polar surface area (TPSA) is 58.5 Å². The average Bonchev–Trinajstić information content (AvgIpc) is 2.99. The predicted molar refractivity (Wildman–Crippen MR) is 117 cm³/mol. The Morgan fingerprint density at radius 2 is 2.15 bits per heavy atom. The Morgan fingerprint density at radius 3 is 2.78 bits per heavy atom. The third kappa shape index (κ3) is 8.56. The minimum atomic E-state index is -2.90.